The molecular formula is C26H32Cl3N3O4S. The lowest BCUT2D eigenvalue weighted by Crippen LogP contribution is -2.54. The fourth-order valence-corrected chi connectivity index (χ4v) is 6.11. The number of rotatable bonds is 10. The molecule has 0 heterocycles. The number of amides is 2. The molecule has 3 rings (SSSR count). The predicted molar refractivity (Wildman–Crippen MR) is 150 cm³/mol. The first-order valence-corrected chi connectivity index (χ1v) is 15.2. The van der Waals surface area contributed by atoms with Crippen LogP contribution in [0.3, 0.4) is 0 Å². The number of sulfonamides is 1. The zero-order valence-electron chi connectivity index (χ0n) is 20.9. The summed E-state index contributed by atoms with van der Waals surface area (Å²) in [5, 5.41) is 4.01. The summed E-state index contributed by atoms with van der Waals surface area (Å²) in [6.07, 6.45) is 6.40. The number of hydrogen-bond donors (Lipinski definition) is 1. The van der Waals surface area contributed by atoms with Gasteiger partial charge in [0.1, 0.15) is 12.6 Å². The zero-order valence-corrected chi connectivity index (χ0v) is 24.0. The number of halogens is 3. The first-order valence-electron chi connectivity index (χ1n) is 12.3. The van der Waals surface area contributed by atoms with Gasteiger partial charge in [0, 0.05) is 27.7 Å². The highest BCUT2D eigenvalue weighted by Gasteiger charge is 2.33. The monoisotopic (exact) mass is 587 g/mol. The molecule has 2 aromatic carbocycles. The van der Waals surface area contributed by atoms with Crippen molar-refractivity contribution in [2.75, 3.05) is 17.1 Å². The Morgan fingerprint density at radius 2 is 1.65 bits per heavy atom. The normalized spacial score (nSPS) is 15.2. The summed E-state index contributed by atoms with van der Waals surface area (Å²) >= 11 is 18.6. The highest BCUT2D eigenvalue weighted by Crippen LogP contribution is 2.28. The zero-order chi connectivity index (χ0) is 27.2. The minimum atomic E-state index is -3.89. The number of benzene rings is 2. The highest BCUT2D eigenvalue weighted by atomic mass is 35.5. The van der Waals surface area contributed by atoms with Crippen molar-refractivity contribution in [2.24, 2.45) is 0 Å². The Morgan fingerprint density at radius 1 is 1.03 bits per heavy atom. The molecule has 0 unspecified atom stereocenters. The molecule has 0 spiro atoms. The van der Waals surface area contributed by atoms with Crippen molar-refractivity contribution in [3.63, 3.8) is 0 Å². The molecule has 2 aromatic rings. The average Bonchev–Trinajstić information content (AvgIpc) is 2.82. The summed E-state index contributed by atoms with van der Waals surface area (Å²) in [6.45, 7) is 1.33. The van der Waals surface area contributed by atoms with Crippen molar-refractivity contribution < 1.29 is 18.0 Å². The minimum Gasteiger partial charge on any atom is -0.352 e. The second kappa shape index (κ2) is 13.2. The van der Waals surface area contributed by atoms with Crippen molar-refractivity contribution in [2.45, 2.75) is 64.1 Å². The van der Waals surface area contributed by atoms with Crippen molar-refractivity contribution in [3.05, 3.63) is 63.1 Å². The van der Waals surface area contributed by atoms with E-state index in [0.29, 0.717) is 17.0 Å². The van der Waals surface area contributed by atoms with Gasteiger partial charge in [-0.25, -0.2) is 8.42 Å². The van der Waals surface area contributed by atoms with Crippen LogP contribution in [-0.4, -0.2) is 50.0 Å². The third-order valence-corrected chi connectivity index (χ3v) is 8.40. The molecule has 1 atom stereocenters. The summed E-state index contributed by atoms with van der Waals surface area (Å²) in [7, 11) is -3.89. The molecule has 1 saturated carbocycles. The lowest BCUT2D eigenvalue weighted by atomic mass is 9.95. The quantitative estimate of drug-likeness (QED) is 0.388. The van der Waals surface area contributed by atoms with Crippen LogP contribution in [-0.2, 0) is 26.2 Å². The largest absolute Gasteiger partial charge is 0.352 e. The van der Waals surface area contributed by atoms with Crippen LogP contribution in [0.25, 0.3) is 0 Å². The van der Waals surface area contributed by atoms with Crippen LogP contribution in [0.2, 0.25) is 15.1 Å². The molecule has 0 bridgehead atoms. The Morgan fingerprint density at radius 3 is 2.22 bits per heavy atom. The van der Waals surface area contributed by atoms with E-state index in [-0.39, 0.29) is 34.2 Å². The fraction of sp³-hybridized carbons (Fsp3) is 0.462. The fourth-order valence-electron chi connectivity index (χ4n) is 4.57. The molecule has 0 aliphatic heterocycles. The van der Waals surface area contributed by atoms with E-state index in [2.05, 4.69) is 5.32 Å². The van der Waals surface area contributed by atoms with Gasteiger partial charge in [-0.2, -0.15) is 0 Å². The summed E-state index contributed by atoms with van der Waals surface area (Å²) in [6, 6.07) is 10.6. The lowest BCUT2D eigenvalue weighted by molar-refractivity contribution is -0.140. The average molecular weight is 589 g/mol. The van der Waals surface area contributed by atoms with Crippen LogP contribution < -0.4 is 9.62 Å². The van der Waals surface area contributed by atoms with Crippen LogP contribution in [0.1, 0.15) is 51.0 Å². The molecule has 0 radical (unpaired) electrons. The van der Waals surface area contributed by atoms with Gasteiger partial charge in [-0.15, -0.1) is 0 Å². The molecule has 1 aliphatic rings. The van der Waals surface area contributed by atoms with Gasteiger partial charge in [0.2, 0.25) is 21.8 Å². The van der Waals surface area contributed by atoms with E-state index >= 15 is 0 Å². The van der Waals surface area contributed by atoms with Gasteiger partial charge in [-0.05, 0) is 49.1 Å². The van der Waals surface area contributed by atoms with Gasteiger partial charge < -0.3 is 10.2 Å². The van der Waals surface area contributed by atoms with E-state index in [1.807, 2.05) is 6.92 Å². The van der Waals surface area contributed by atoms with E-state index < -0.39 is 28.5 Å². The van der Waals surface area contributed by atoms with E-state index in [9.17, 15) is 18.0 Å². The van der Waals surface area contributed by atoms with E-state index in [1.165, 1.54) is 23.1 Å². The first kappa shape index (κ1) is 29.6. The molecule has 1 aliphatic carbocycles. The van der Waals surface area contributed by atoms with Gasteiger partial charge in [-0.1, -0.05) is 79.2 Å². The third-order valence-electron chi connectivity index (χ3n) is 6.45. The first-order chi connectivity index (χ1) is 17.5. The molecule has 0 saturated heterocycles. The van der Waals surface area contributed by atoms with Crippen molar-refractivity contribution >= 4 is 62.3 Å². The Kier molecular flexibility index (Phi) is 10.5. The SMILES string of the molecule is CC[C@@H](C(=O)NC1CCCCC1)N(Cc1ccccc1Cl)C(=O)CN(c1cc(Cl)cc(Cl)c1)S(C)(=O)=O. The molecule has 1 fully saturated rings. The molecular weight excluding hydrogens is 557 g/mol. The Bertz CT molecular complexity index is 1200. The molecule has 7 nitrogen and oxygen atoms in total. The van der Waals surface area contributed by atoms with Crippen LogP contribution in [0.5, 0.6) is 0 Å². The molecule has 1 N–H and O–H groups in total. The third kappa shape index (κ3) is 8.24. The van der Waals surface area contributed by atoms with Gasteiger partial charge in [-0.3, -0.25) is 13.9 Å². The maximum absolute atomic E-state index is 13.8. The summed E-state index contributed by atoms with van der Waals surface area (Å²) in [5.41, 5.74) is 0.809. The smallest absolute Gasteiger partial charge is 0.244 e. The number of anilines is 1. The van der Waals surface area contributed by atoms with Crippen LogP contribution in [0.4, 0.5) is 5.69 Å². The summed E-state index contributed by atoms with van der Waals surface area (Å²) in [4.78, 5) is 28.6. The second-order valence-corrected chi connectivity index (χ2v) is 12.5. The molecule has 202 valence electrons. The van der Waals surface area contributed by atoms with Gasteiger partial charge in [0.15, 0.2) is 0 Å². The minimum absolute atomic E-state index is 0.0446. The Hall–Kier alpha value is -2.00. The van der Waals surface area contributed by atoms with Crippen LogP contribution >= 0.6 is 34.8 Å². The van der Waals surface area contributed by atoms with E-state index in [0.717, 1.165) is 42.7 Å². The molecule has 2 amide bonds. The standard InChI is InChI=1S/C26H32Cl3N3O4S/c1-3-24(26(34)30-21-10-5-4-6-11-21)31(16-18-9-7-8-12-23(18)29)25(33)17-32(37(2,35)36)22-14-19(27)13-20(28)15-22/h7-9,12-15,21,24H,3-6,10-11,16-17H2,1-2H3,(H,30,34)/t24-/m0/s1. The molecule has 11 heteroatoms. The second-order valence-electron chi connectivity index (χ2n) is 9.28. The molecule has 0 aromatic heterocycles. The van der Waals surface area contributed by atoms with Gasteiger partial charge in [0.25, 0.3) is 0 Å². The predicted octanol–water partition coefficient (Wildman–Crippen LogP) is 5.67. The van der Waals surface area contributed by atoms with Crippen molar-refractivity contribution in [3.8, 4) is 0 Å². The Labute approximate surface area is 234 Å². The molecule has 37 heavy (non-hydrogen) atoms. The number of nitrogens with zero attached hydrogens (tertiary/aromatic N) is 2. The van der Waals surface area contributed by atoms with Gasteiger partial charge >= 0.3 is 0 Å². The van der Waals surface area contributed by atoms with E-state index in [1.54, 1.807) is 24.3 Å². The summed E-state index contributed by atoms with van der Waals surface area (Å²) < 4.78 is 26.4. The van der Waals surface area contributed by atoms with E-state index in [4.69, 9.17) is 34.8 Å². The highest BCUT2D eigenvalue weighted by molar-refractivity contribution is 7.92. The summed E-state index contributed by atoms with van der Waals surface area (Å²) in [5.74, 6) is -0.807. The number of hydrogen-bond acceptors (Lipinski definition) is 4. The van der Waals surface area contributed by atoms with Crippen molar-refractivity contribution in [1.82, 2.24) is 10.2 Å². The number of carbonyl (C=O) groups is 2. The van der Waals surface area contributed by atoms with Gasteiger partial charge in [0.05, 0.1) is 11.9 Å². The topological polar surface area (TPSA) is 86.8 Å². The lowest BCUT2D eigenvalue weighted by Gasteiger charge is -2.34. The maximum atomic E-state index is 13.8. The number of carbonyl (C=O) groups excluding carboxylic acids is 2. The maximum Gasteiger partial charge on any atom is 0.244 e. The van der Waals surface area contributed by atoms with Crippen LogP contribution in [0.15, 0.2) is 42.5 Å². The van der Waals surface area contributed by atoms with Crippen molar-refractivity contribution in [1.29, 1.82) is 0 Å². The Balaban J connectivity index is 1.94. The van der Waals surface area contributed by atoms with Crippen LogP contribution in [0, 0.1) is 0 Å². The number of nitrogens with one attached hydrogen (secondary N) is 1.